The lowest BCUT2D eigenvalue weighted by atomic mass is 9.96. The Bertz CT molecular complexity index is 6210. The zero-order valence-corrected chi connectivity index (χ0v) is 53.5. The molecule has 20 aromatic rings. The Balaban J connectivity index is 0.000000139. The molecule has 10 nitrogen and oxygen atoms in total. The summed E-state index contributed by atoms with van der Waals surface area (Å²) < 4.78 is 25.0. The lowest BCUT2D eigenvalue weighted by molar-refractivity contribution is 0.668. The van der Waals surface area contributed by atoms with Crippen molar-refractivity contribution in [3.05, 3.63) is 328 Å². The fraction of sp³-hybridized carbons (Fsp3) is 0. The van der Waals surface area contributed by atoms with Crippen LogP contribution < -0.4 is 0 Å². The van der Waals surface area contributed by atoms with E-state index in [1.807, 2.05) is 115 Å². The van der Waals surface area contributed by atoms with Gasteiger partial charge in [0, 0.05) is 76.5 Å². The van der Waals surface area contributed by atoms with Crippen LogP contribution in [0.25, 0.3) is 201 Å². The third-order valence-electron chi connectivity index (χ3n) is 18.7. The van der Waals surface area contributed by atoms with Gasteiger partial charge in [-0.25, -0.2) is 29.9 Å². The minimum atomic E-state index is 0.559. The zero-order chi connectivity index (χ0) is 66.0. The lowest BCUT2D eigenvalue weighted by Gasteiger charge is -2.12. The normalized spacial score (nSPS) is 11.6. The van der Waals surface area contributed by atoms with Crippen LogP contribution in [0.4, 0.5) is 0 Å². The van der Waals surface area contributed by atoms with Gasteiger partial charge < -0.3 is 17.7 Å². The number of aromatic nitrogens is 6. The first-order chi connectivity index (χ1) is 49.5. The molecule has 0 fully saturated rings. The van der Waals surface area contributed by atoms with E-state index in [-0.39, 0.29) is 0 Å². The molecule has 0 saturated carbocycles. The maximum atomic E-state index is 6.27. The van der Waals surface area contributed by atoms with Gasteiger partial charge in [-0.1, -0.05) is 231 Å². The monoisotopic (exact) mass is 1280 g/mol. The van der Waals surface area contributed by atoms with Crippen LogP contribution in [0, 0.1) is 0 Å². The Labute approximate surface area is 572 Å². The second kappa shape index (κ2) is 24.2. The molecule has 10 heteroatoms. The van der Waals surface area contributed by atoms with Crippen molar-refractivity contribution < 1.29 is 17.7 Å². The number of benzene rings is 14. The van der Waals surface area contributed by atoms with Crippen molar-refractivity contribution in [2.45, 2.75) is 0 Å². The predicted octanol–water partition coefficient (Wildman–Crippen LogP) is 24.0. The maximum Gasteiger partial charge on any atom is 0.164 e. The van der Waals surface area contributed by atoms with Crippen LogP contribution in [0.3, 0.4) is 0 Å². The summed E-state index contributed by atoms with van der Waals surface area (Å²) in [6.07, 6.45) is 0. The van der Waals surface area contributed by atoms with Crippen molar-refractivity contribution in [3.8, 4) is 113 Å². The summed E-state index contributed by atoms with van der Waals surface area (Å²) in [5, 5.41) is 8.55. The Hall–Kier alpha value is -13.7. The van der Waals surface area contributed by atoms with Gasteiger partial charge in [0.1, 0.15) is 44.7 Å². The summed E-state index contributed by atoms with van der Waals surface area (Å²) in [6, 6.07) is 112. The highest BCUT2D eigenvalue weighted by atomic mass is 16.3. The largest absolute Gasteiger partial charge is 0.456 e. The molecule has 6 heterocycles. The third kappa shape index (κ3) is 10.7. The molecule has 0 saturated heterocycles. The molecule has 0 radical (unpaired) electrons. The van der Waals surface area contributed by atoms with Crippen LogP contribution in [0.2, 0.25) is 0 Å². The highest BCUT2D eigenvalue weighted by Crippen LogP contribution is 2.40. The van der Waals surface area contributed by atoms with Gasteiger partial charge >= 0.3 is 0 Å². The van der Waals surface area contributed by atoms with Crippen LogP contribution in [0.15, 0.2) is 345 Å². The minimum Gasteiger partial charge on any atom is -0.456 e. The zero-order valence-electron chi connectivity index (χ0n) is 53.5. The smallest absolute Gasteiger partial charge is 0.164 e. The highest BCUT2D eigenvalue weighted by molar-refractivity contribution is 6.09. The third-order valence-corrected chi connectivity index (χ3v) is 18.7. The molecular weight excluding hydrogens is 1230 g/mol. The number of para-hydroxylation sites is 4. The van der Waals surface area contributed by atoms with E-state index >= 15 is 0 Å². The molecule has 0 amide bonds. The van der Waals surface area contributed by atoms with Crippen LogP contribution >= 0.6 is 0 Å². The van der Waals surface area contributed by atoms with Gasteiger partial charge in [-0.15, -0.1) is 0 Å². The first-order valence-corrected chi connectivity index (χ1v) is 33.2. The summed E-state index contributed by atoms with van der Waals surface area (Å²) in [4.78, 5) is 30.4. The van der Waals surface area contributed by atoms with Crippen LogP contribution in [0.5, 0.6) is 0 Å². The molecule has 0 spiro atoms. The molecule has 14 aromatic carbocycles. The summed E-state index contributed by atoms with van der Waals surface area (Å²) in [5.41, 5.74) is 20.8. The lowest BCUT2D eigenvalue weighted by Crippen LogP contribution is -2.00. The molecule has 468 valence electrons. The Morgan fingerprint density at radius 3 is 0.690 bits per heavy atom. The highest BCUT2D eigenvalue weighted by Gasteiger charge is 2.21. The minimum absolute atomic E-state index is 0.559. The van der Waals surface area contributed by atoms with Crippen molar-refractivity contribution in [2.24, 2.45) is 0 Å². The van der Waals surface area contributed by atoms with Gasteiger partial charge in [0.15, 0.2) is 34.9 Å². The van der Waals surface area contributed by atoms with Crippen molar-refractivity contribution in [3.63, 3.8) is 0 Å². The summed E-state index contributed by atoms with van der Waals surface area (Å²) in [7, 11) is 0. The molecule has 6 aromatic heterocycles. The second-order valence-corrected chi connectivity index (χ2v) is 24.9. The van der Waals surface area contributed by atoms with E-state index in [0.29, 0.717) is 34.9 Å². The Morgan fingerprint density at radius 1 is 0.130 bits per heavy atom. The van der Waals surface area contributed by atoms with Gasteiger partial charge in [-0.05, 0) is 142 Å². The van der Waals surface area contributed by atoms with Crippen molar-refractivity contribution in [1.29, 1.82) is 0 Å². The van der Waals surface area contributed by atoms with Crippen LogP contribution in [-0.4, -0.2) is 29.9 Å². The molecule has 0 aliphatic heterocycles. The molecule has 0 unspecified atom stereocenters. The molecule has 20 rings (SSSR count). The maximum absolute atomic E-state index is 6.27. The SMILES string of the molecule is c1ccc(-c2cc(-c3ccccc3)cc(-c3nc(-c4ccc5c(c4)oc4ccccc45)nc(-c4ccc5c(c4)oc4ccccc45)n3)c2)cc1.c1ccc(-c2cccc(-c3ccc(-c4nc(-c5ccc6c(c5)oc5ccccc56)nc(-c5ccc6c(c5)oc5ccccc56)n4)cc3)c2)cc1. The van der Waals surface area contributed by atoms with E-state index in [4.69, 9.17) is 47.6 Å². The first kappa shape index (κ1) is 57.7. The molecular formula is C90H54N6O4. The van der Waals surface area contributed by atoms with Gasteiger partial charge in [0.2, 0.25) is 0 Å². The number of rotatable bonds is 10. The predicted molar refractivity (Wildman–Crippen MR) is 403 cm³/mol. The Morgan fingerprint density at radius 2 is 0.350 bits per heavy atom. The van der Waals surface area contributed by atoms with Gasteiger partial charge in [-0.2, -0.15) is 0 Å². The standard InChI is InChI=1S/2C45H27N3O2/c1-3-11-28(12-4-1)32-23-33(29-13-5-2-6-14-29)25-34(24-32)45-47-43(30-19-21-37-35-15-7-9-17-39(35)49-41(37)26-30)46-44(48-45)31-20-22-38-36-16-8-10-18-40(36)50-42(38)27-31;1-2-9-28(10-3-1)31-11-8-12-32(25-31)29-17-19-30(20-18-29)43-46-44(33-21-23-37-35-13-4-6-15-39(35)49-41(37)26-33)48-45(47-43)34-22-24-38-36-14-5-7-16-40(36)50-42(38)27-34/h2*1-27H. The van der Waals surface area contributed by atoms with Gasteiger partial charge in [0.25, 0.3) is 0 Å². The number of hydrogen-bond donors (Lipinski definition) is 0. The van der Waals surface area contributed by atoms with Crippen LogP contribution in [0.1, 0.15) is 0 Å². The molecule has 0 aliphatic carbocycles. The summed E-state index contributed by atoms with van der Waals surface area (Å²) in [5.74, 6) is 3.42. The summed E-state index contributed by atoms with van der Waals surface area (Å²) >= 11 is 0. The van der Waals surface area contributed by atoms with E-state index in [2.05, 4.69) is 212 Å². The van der Waals surface area contributed by atoms with E-state index in [0.717, 1.165) is 155 Å². The fourth-order valence-electron chi connectivity index (χ4n) is 13.7. The van der Waals surface area contributed by atoms with Crippen molar-refractivity contribution >= 4 is 87.8 Å². The average Bonchev–Trinajstić information content (AvgIpc) is 1.40. The summed E-state index contributed by atoms with van der Waals surface area (Å²) in [6.45, 7) is 0. The number of fused-ring (bicyclic) bond motifs is 12. The van der Waals surface area contributed by atoms with Gasteiger partial charge in [-0.3, -0.25) is 0 Å². The van der Waals surface area contributed by atoms with Gasteiger partial charge in [0.05, 0.1) is 0 Å². The van der Waals surface area contributed by atoms with Crippen molar-refractivity contribution in [1.82, 2.24) is 29.9 Å². The quantitative estimate of drug-likeness (QED) is 0.130. The molecule has 0 N–H and O–H groups in total. The van der Waals surface area contributed by atoms with Crippen molar-refractivity contribution in [2.75, 3.05) is 0 Å². The first-order valence-electron chi connectivity index (χ1n) is 33.2. The fourth-order valence-corrected chi connectivity index (χ4v) is 13.7. The Kier molecular flexibility index (Phi) is 14.0. The van der Waals surface area contributed by atoms with Crippen LogP contribution in [-0.2, 0) is 0 Å². The topological polar surface area (TPSA) is 130 Å². The van der Waals surface area contributed by atoms with E-state index in [1.165, 1.54) is 11.1 Å². The molecule has 0 aliphatic rings. The van der Waals surface area contributed by atoms with E-state index in [9.17, 15) is 0 Å². The number of nitrogens with zero attached hydrogens (tertiary/aromatic N) is 6. The van der Waals surface area contributed by atoms with E-state index < -0.39 is 0 Å². The molecule has 100 heavy (non-hydrogen) atoms. The van der Waals surface area contributed by atoms with E-state index in [1.54, 1.807) is 0 Å². The molecule has 0 bridgehead atoms. The second-order valence-electron chi connectivity index (χ2n) is 24.9. The molecule has 0 atom stereocenters. The number of hydrogen-bond acceptors (Lipinski definition) is 10. The number of furan rings is 4. The average molecular weight is 1280 g/mol.